The van der Waals surface area contributed by atoms with Gasteiger partial charge in [0.15, 0.2) is 0 Å². The molecular formula is C12H24O2Si2. The van der Waals surface area contributed by atoms with Crippen LogP contribution in [0.3, 0.4) is 0 Å². The predicted octanol–water partition coefficient (Wildman–Crippen LogP) is 3.41. The maximum Gasteiger partial charge on any atom is 0.212 e. The molecule has 4 heteroatoms. The van der Waals surface area contributed by atoms with Crippen molar-refractivity contribution in [3.8, 4) is 0 Å². The molecule has 92 valence electrons. The second-order valence-electron chi connectivity index (χ2n) is 5.24. The van der Waals surface area contributed by atoms with Gasteiger partial charge in [0.25, 0.3) is 0 Å². The van der Waals surface area contributed by atoms with Crippen LogP contribution in [0.1, 0.15) is 12.8 Å². The summed E-state index contributed by atoms with van der Waals surface area (Å²) >= 11 is 0. The van der Waals surface area contributed by atoms with Crippen LogP contribution in [0.25, 0.3) is 0 Å². The number of hydrogen-bond donors (Lipinski definition) is 0. The van der Waals surface area contributed by atoms with Crippen LogP contribution >= 0.6 is 0 Å². The Kier molecular flexibility index (Phi) is 4.73. The van der Waals surface area contributed by atoms with Crippen molar-refractivity contribution in [3.05, 3.63) is 23.6 Å². The van der Waals surface area contributed by atoms with E-state index in [-0.39, 0.29) is 0 Å². The van der Waals surface area contributed by atoms with E-state index >= 15 is 0 Å². The van der Waals surface area contributed by atoms with E-state index in [2.05, 4.69) is 44.9 Å². The zero-order valence-electron chi connectivity index (χ0n) is 11.0. The lowest BCUT2D eigenvalue weighted by Crippen LogP contribution is -2.48. The molecule has 0 spiro atoms. The molecule has 2 nitrogen and oxygen atoms in total. The van der Waals surface area contributed by atoms with Gasteiger partial charge in [-0.15, -0.1) is 6.58 Å². The Morgan fingerprint density at radius 3 is 1.69 bits per heavy atom. The second-order valence-corrected chi connectivity index (χ2v) is 13.6. The molecule has 0 fully saturated rings. The van der Waals surface area contributed by atoms with Crippen LogP contribution in [-0.2, 0) is 8.85 Å². The molecule has 0 aliphatic carbocycles. The molecule has 16 heavy (non-hydrogen) atoms. The summed E-state index contributed by atoms with van der Waals surface area (Å²) in [5.74, 6) is 0. The van der Waals surface area contributed by atoms with Crippen molar-refractivity contribution in [3.63, 3.8) is 0 Å². The van der Waals surface area contributed by atoms with Gasteiger partial charge in [-0.05, 0) is 43.8 Å². The molecule has 0 saturated carbocycles. The first-order valence-corrected chi connectivity index (χ1v) is 11.8. The summed E-state index contributed by atoms with van der Waals surface area (Å²) in [7, 11) is -3.56. The SMILES string of the molecule is C=C1[Si](C)(C)OCC/C=C\CCO[Si]1(C)C. The van der Waals surface area contributed by atoms with E-state index in [4.69, 9.17) is 8.85 Å². The fraction of sp³-hybridized carbons (Fsp3) is 0.667. The number of hydrogen-bond acceptors (Lipinski definition) is 2. The van der Waals surface area contributed by atoms with Gasteiger partial charge in [0.2, 0.25) is 16.6 Å². The minimum absolute atomic E-state index is 0.819. The molecule has 0 unspecified atom stereocenters. The Balaban J connectivity index is 2.81. The normalized spacial score (nSPS) is 28.1. The highest BCUT2D eigenvalue weighted by Gasteiger charge is 2.39. The first-order chi connectivity index (χ1) is 7.36. The van der Waals surface area contributed by atoms with Gasteiger partial charge in [-0.1, -0.05) is 12.2 Å². The highest BCUT2D eigenvalue weighted by atomic mass is 28.4. The highest BCUT2D eigenvalue weighted by molar-refractivity contribution is 7.00. The topological polar surface area (TPSA) is 18.5 Å². The van der Waals surface area contributed by atoms with Crippen LogP contribution in [0.15, 0.2) is 23.6 Å². The van der Waals surface area contributed by atoms with E-state index in [0.29, 0.717) is 0 Å². The minimum Gasteiger partial charge on any atom is -0.413 e. The van der Waals surface area contributed by atoms with E-state index in [0.717, 1.165) is 26.1 Å². The summed E-state index contributed by atoms with van der Waals surface area (Å²) in [6.45, 7) is 14.8. The molecule has 0 N–H and O–H groups in total. The Morgan fingerprint density at radius 1 is 0.938 bits per heavy atom. The Bertz CT molecular complexity index is 257. The van der Waals surface area contributed by atoms with Gasteiger partial charge < -0.3 is 8.85 Å². The first-order valence-electron chi connectivity index (χ1n) is 5.99. The lowest BCUT2D eigenvalue weighted by molar-refractivity contribution is 0.313. The van der Waals surface area contributed by atoms with Gasteiger partial charge in [0.1, 0.15) is 0 Å². The molecule has 0 saturated heterocycles. The largest absolute Gasteiger partial charge is 0.413 e. The molecule has 1 heterocycles. The first kappa shape index (κ1) is 13.9. The molecule has 0 radical (unpaired) electrons. The lowest BCUT2D eigenvalue weighted by atomic mass is 10.3. The molecule has 0 aromatic carbocycles. The van der Waals surface area contributed by atoms with Crippen molar-refractivity contribution in [1.82, 2.24) is 0 Å². The van der Waals surface area contributed by atoms with Crippen molar-refractivity contribution in [2.24, 2.45) is 0 Å². The monoisotopic (exact) mass is 256 g/mol. The highest BCUT2D eigenvalue weighted by Crippen LogP contribution is 2.26. The van der Waals surface area contributed by atoms with Gasteiger partial charge in [-0.3, -0.25) is 0 Å². The van der Waals surface area contributed by atoms with Crippen LogP contribution in [0, 0.1) is 0 Å². The fourth-order valence-corrected chi connectivity index (χ4v) is 9.74. The Labute approximate surface area is 102 Å². The fourth-order valence-electron chi connectivity index (χ4n) is 1.90. The summed E-state index contributed by atoms with van der Waals surface area (Å²) in [5, 5.41) is 0. The van der Waals surface area contributed by atoms with Gasteiger partial charge in [0.05, 0.1) is 0 Å². The van der Waals surface area contributed by atoms with E-state index in [1.165, 1.54) is 4.82 Å². The average molecular weight is 256 g/mol. The molecule has 0 aromatic heterocycles. The van der Waals surface area contributed by atoms with Crippen LogP contribution < -0.4 is 0 Å². The zero-order valence-corrected chi connectivity index (χ0v) is 13.0. The van der Waals surface area contributed by atoms with Gasteiger partial charge >= 0.3 is 0 Å². The summed E-state index contributed by atoms with van der Waals surface area (Å²) in [5.41, 5.74) is 0. The van der Waals surface area contributed by atoms with Gasteiger partial charge in [-0.2, -0.15) is 0 Å². The molecule has 1 aliphatic heterocycles. The van der Waals surface area contributed by atoms with E-state index in [9.17, 15) is 0 Å². The maximum atomic E-state index is 6.05. The third-order valence-corrected chi connectivity index (χ3v) is 11.5. The van der Waals surface area contributed by atoms with Crippen LogP contribution in [0.4, 0.5) is 0 Å². The smallest absolute Gasteiger partial charge is 0.212 e. The quantitative estimate of drug-likeness (QED) is 0.488. The zero-order chi connectivity index (χ0) is 12.2. The van der Waals surface area contributed by atoms with Gasteiger partial charge in [-0.25, -0.2) is 0 Å². The standard InChI is InChI=1S/C12H24O2Si2/c1-12-15(2,3)13-10-8-6-7-9-11-14-16(12,4)5/h6-7H,1,8-11H2,2-5H3/b7-6-. The minimum atomic E-state index is -1.78. The second kappa shape index (κ2) is 5.44. The Morgan fingerprint density at radius 2 is 1.31 bits per heavy atom. The summed E-state index contributed by atoms with van der Waals surface area (Å²) in [6, 6.07) is 0. The van der Waals surface area contributed by atoms with Crippen molar-refractivity contribution in [2.75, 3.05) is 13.2 Å². The van der Waals surface area contributed by atoms with E-state index in [1.54, 1.807) is 0 Å². The van der Waals surface area contributed by atoms with Gasteiger partial charge in [0, 0.05) is 13.2 Å². The van der Waals surface area contributed by atoms with Crippen molar-refractivity contribution < 1.29 is 8.85 Å². The van der Waals surface area contributed by atoms with Crippen LogP contribution in [-0.4, -0.2) is 29.8 Å². The lowest BCUT2D eigenvalue weighted by Gasteiger charge is -2.34. The predicted molar refractivity (Wildman–Crippen MR) is 74.4 cm³/mol. The van der Waals surface area contributed by atoms with Crippen LogP contribution in [0.2, 0.25) is 26.2 Å². The van der Waals surface area contributed by atoms with Crippen molar-refractivity contribution >= 4 is 16.6 Å². The van der Waals surface area contributed by atoms with Crippen LogP contribution in [0.5, 0.6) is 0 Å². The molecule has 0 amide bonds. The molecule has 0 atom stereocenters. The van der Waals surface area contributed by atoms with E-state index in [1.807, 2.05) is 0 Å². The molecular weight excluding hydrogens is 232 g/mol. The average Bonchev–Trinajstić information content (AvgIpc) is 2.21. The Hall–Kier alpha value is -0.166. The molecule has 0 aromatic rings. The van der Waals surface area contributed by atoms with E-state index < -0.39 is 16.6 Å². The molecule has 1 rings (SSSR count). The summed E-state index contributed by atoms with van der Waals surface area (Å²) in [6.07, 6.45) is 6.39. The summed E-state index contributed by atoms with van der Waals surface area (Å²) in [4.78, 5) is 1.28. The third kappa shape index (κ3) is 3.69. The maximum absolute atomic E-state index is 6.05. The van der Waals surface area contributed by atoms with Crippen molar-refractivity contribution in [2.45, 2.75) is 39.0 Å². The molecule has 1 aliphatic rings. The summed E-state index contributed by atoms with van der Waals surface area (Å²) < 4.78 is 12.1. The third-order valence-electron chi connectivity index (χ3n) is 3.12. The van der Waals surface area contributed by atoms with Crippen molar-refractivity contribution in [1.29, 1.82) is 0 Å². The number of rotatable bonds is 0. The molecule has 0 bridgehead atoms.